The number of nitrogens with two attached hydrogens (primary N) is 1. The molecule has 0 amide bonds. The Kier molecular flexibility index (Phi) is 5.40. The van der Waals surface area contributed by atoms with E-state index in [4.69, 9.17) is 24.7 Å². The number of fused-ring (bicyclic) bond motifs is 3. The van der Waals surface area contributed by atoms with E-state index < -0.39 is 18.1 Å². The molecule has 0 radical (unpaired) electrons. The zero-order valence-corrected chi connectivity index (χ0v) is 20.2. The van der Waals surface area contributed by atoms with Gasteiger partial charge in [0.15, 0.2) is 17.8 Å². The van der Waals surface area contributed by atoms with Crippen LogP contribution in [0.15, 0.2) is 48.9 Å². The lowest BCUT2D eigenvalue weighted by Gasteiger charge is -2.25. The molecule has 3 aromatic heterocycles. The third kappa shape index (κ3) is 3.87. The summed E-state index contributed by atoms with van der Waals surface area (Å²) in [7, 11) is 0. The first-order valence-corrected chi connectivity index (χ1v) is 12.0. The van der Waals surface area contributed by atoms with E-state index in [9.17, 15) is 4.79 Å². The Balaban J connectivity index is 1.25. The topological polar surface area (TPSA) is 124 Å². The van der Waals surface area contributed by atoms with Gasteiger partial charge in [0, 0.05) is 24.1 Å². The number of hydrogen-bond acceptors (Lipinski definition) is 9. The van der Waals surface area contributed by atoms with Crippen LogP contribution in [0.2, 0.25) is 0 Å². The molecule has 2 aliphatic rings. The van der Waals surface area contributed by atoms with Crippen molar-refractivity contribution >= 4 is 33.5 Å². The average Bonchev–Trinajstić information content (AvgIpc) is 3.53. The van der Waals surface area contributed by atoms with Crippen molar-refractivity contribution in [1.82, 2.24) is 19.5 Å². The van der Waals surface area contributed by atoms with Gasteiger partial charge in [-0.1, -0.05) is 13.0 Å². The van der Waals surface area contributed by atoms with Gasteiger partial charge in [0.05, 0.1) is 10.9 Å². The van der Waals surface area contributed by atoms with Crippen LogP contribution in [0, 0.1) is 0 Å². The predicted octanol–water partition coefficient (Wildman–Crippen LogP) is 3.65. The maximum atomic E-state index is 12.1. The van der Waals surface area contributed by atoms with Gasteiger partial charge in [0.25, 0.3) is 0 Å². The van der Waals surface area contributed by atoms with Crippen LogP contribution in [-0.2, 0) is 14.2 Å². The Morgan fingerprint density at radius 3 is 2.78 bits per heavy atom. The minimum atomic E-state index is -0.762. The molecule has 0 saturated carbocycles. The molecule has 0 spiro atoms. The average molecular weight is 490 g/mol. The van der Waals surface area contributed by atoms with E-state index in [1.54, 1.807) is 6.07 Å². The minimum Gasteiger partial charge on any atom is -0.491 e. The van der Waals surface area contributed by atoms with E-state index in [1.807, 2.05) is 61.9 Å². The van der Waals surface area contributed by atoms with E-state index in [-0.39, 0.29) is 24.6 Å². The van der Waals surface area contributed by atoms with E-state index in [2.05, 4.69) is 15.0 Å². The van der Waals surface area contributed by atoms with Crippen LogP contribution in [-0.4, -0.2) is 56.0 Å². The number of aromatic nitrogens is 4. The van der Waals surface area contributed by atoms with Gasteiger partial charge in [-0.15, -0.1) is 0 Å². The lowest BCUT2D eigenvalue weighted by molar-refractivity contribution is -0.198. The lowest BCUT2D eigenvalue weighted by Crippen LogP contribution is -2.33. The molecule has 2 N–H and O–H groups in total. The molecule has 0 unspecified atom stereocenters. The molecular weight excluding hydrogens is 462 g/mol. The van der Waals surface area contributed by atoms with E-state index >= 15 is 0 Å². The molecule has 186 valence electrons. The number of rotatable bonds is 6. The van der Waals surface area contributed by atoms with Gasteiger partial charge in [0.1, 0.15) is 54.2 Å². The van der Waals surface area contributed by atoms with Gasteiger partial charge in [-0.05, 0) is 38.1 Å². The van der Waals surface area contributed by atoms with Crippen LogP contribution >= 0.6 is 0 Å². The highest BCUT2D eigenvalue weighted by Gasteiger charge is 2.56. The van der Waals surface area contributed by atoms with Crippen LogP contribution in [0.25, 0.3) is 21.9 Å². The Morgan fingerprint density at radius 1 is 1.14 bits per heavy atom. The SMILES string of the molecule is CCC(=O)c1ccc2ccc(OC[C@H]3O[C@@H](n4ccc5c(N)ncnc54)[C@@H]4OC(C)(C)O[C@@H]43)cc2n1. The fourth-order valence-corrected chi connectivity index (χ4v) is 4.91. The Bertz CT molecular complexity index is 1470. The maximum absolute atomic E-state index is 12.1. The normalized spacial score (nSPS) is 24.9. The molecule has 2 fully saturated rings. The number of pyridine rings is 1. The first-order chi connectivity index (χ1) is 17.3. The van der Waals surface area contributed by atoms with Gasteiger partial charge in [-0.3, -0.25) is 4.79 Å². The van der Waals surface area contributed by atoms with E-state index in [0.29, 0.717) is 34.8 Å². The molecule has 10 nitrogen and oxygen atoms in total. The van der Waals surface area contributed by atoms with Crippen molar-refractivity contribution in [2.75, 3.05) is 12.3 Å². The summed E-state index contributed by atoms with van der Waals surface area (Å²) in [6, 6.07) is 11.2. The molecule has 4 aromatic rings. The quantitative estimate of drug-likeness (QED) is 0.404. The Labute approximate surface area is 207 Å². The van der Waals surface area contributed by atoms with Gasteiger partial charge in [-0.25, -0.2) is 15.0 Å². The van der Waals surface area contributed by atoms with Crippen molar-refractivity contribution < 1.29 is 23.7 Å². The molecule has 4 atom stereocenters. The second-order valence-electron chi connectivity index (χ2n) is 9.49. The number of nitrogens with zero attached hydrogens (tertiary/aromatic N) is 4. The maximum Gasteiger partial charge on any atom is 0.180 e. The number of carbonyl (C=O) groups is 1. The highest BCUT2D eigenvalue weighted by molar-refractivity contribution is 5.96. The smallest absolute Gasteiger partial charge is 0.180 e. The number of ketones is 1. The van der Waals surface area contributed by atoms with E-state index in [0.717, 1.165) is 10.8 Å². The summed E-state index contributed by atoms with van der Waals surface area (Å²) >= 11 is 0. The Hall–Kier alpha value is -3.60. The summed E-state index contributed by atoms with van der Waals surface area (Å²) in [5.74, 6) is 0.280. The van der Waals surface area contributed by atoms with Gasteiger partial charge < -0.3 is 29.2 Å². The van der Waals surface area contributed by atoms with Crippen LogP contribution in [0.1, 0.15) is 43.9 Å². The molecular formula is C26H27N5O5. The summed E-state index contributed by atoms with van der Waals surface area (Å²) in [6.07, 6.45) is 2.15. The van der Waals surface area contributed by atoms with Crippen LogP contribution in [0.4, 0.5) is 5.82 Å². The van der Waals surface area contributed by atoms with Crippen molar-refractivity contribution in [2.45, 2.75) is 57.5 Å². The number of carbonyl (C=O) groups excluding carboxylic acids is 1. The summed E-state index contributed by atoms with van der Waals surface area (Å²) in [4.78, 5) is 25.1. The fourth-order valence-electron chi connectivity index (χ4n) is 4.91. The van der Waals surface area contributed by atoms with Crippen molar-refractivity contribution in [1.29, 1.82) is 0 Å². The van der Waals surface area contributed by atoms with Crippen LogP contribution in [0.3, 0.4) is 0 Å². The third-order valence-corrected chi connectivity index (χ3v) is 6.62. The lowest BCUT2D eigenvalue weighted by atomic mass is 10.1. The highest BCUT2D eigenvalue weighted by Crippen LogP contribution is 2.44. The first-order valence-electron chi connectivity index (χ1n) is 12.0. The molecule has 1 aromatic carbocycles. The number of ether oxygens (including phenoxy) is 4. The molecule has 2 saturated heterocycles. The second-order valence-corrected chi connectivity index (χ2v) is 9.49. The van der Waals surface area contributed by atoms with Crippen LogP contribution in [0.5, 0.6) is 5.75 Å². The minimum absolute atomic E-state index is 0.00483. The zero-order chi connectivity index (χ0) is 25.0. The van der Waals surface area contributed by atoms with Crippen LogP contribution < -0.4 is 10.5 Å². The van der Waals surface area contributed by atoms with Crippen molar-refractivity contribution in [3.63, 3.8) is 0 Å². The molecule has 0 bridgehead atoms. The Morgan fingerprint density at radius 2 is 1.94 bits per heavy atom. The van der Waals surface area contributed by atoms with Crippen molar-refractivity contribution in [3.8, 4) is 5.75 Å². The standard InChI is InChI=1S/C26H27N5O5/c1-4-19(32)17-8-6-14-5-7-15(11-18(14)30-17)33-12-20-21-22(36-26(2,3)35-21)25(34-20)31-10-9-16-23(27)28-13-29-24(16)31/h5-11,13,20-22,25H,4,12H2,1-3H3,(H2,27,28,29)/t20-,21-,22-,25-/m1/s1. The third-order valence-electron chi connectivity index (χ3n) is 6.62. The summed E-state index contributed by atoms with van der Waals surface area (Å²) < 4.78 is 26.9. The first kappa shape index (κ1) is 22.8. The number of Topliss-reactive ketones (excluding diaryl/α,β-unsaturated/α-hetero) is 1. The van der Waals surface area contributed by atoms with Gasteiger partial charge >= 0.3 is 0 Å². The molecule has 10 heteroatoms. The van der Waals surface area contributed by atoms with Gasteiger partial charge in [-0.2, -0.15) is 0 Å². The van der Waals surface area contributed by atoms with Crippen molar-refractivity contribution in [3.05, 3.63) is 54.6 Å². The number of nitrogen functional groups attached to an aromatic ring is 1. The summed E-state index contributed by atoms with van der Waals surface area (Å²) in [6.45, 7) is 5.84. The molecule has 2 aliphatic heterocycles. The second kappa shape index (κ2) is 8.51. The molecule has 36 heavy (non-hydrogen) atoms. The zero-order valence-electron chi connectivity index (χ0n) is 20.2. The molecule has 6 rings (SSSR count). The predicted molar refractivity (Wildman–Crippen MR) is 132 cm³/mol. The molecule has 5 heterocycles. The van der Waals surface area contributed by atoms with E-state index in [1.165, 1.54) is 6.33 Å². The molecule has 0 aliphatic carbocycles. The largest absolute Gasteiger partial charge is 0.491 e. The summed E-state index contributed by atoms with van der Waals surface area (Å²) in [5.41, 5.74) is 7.85. The van der Waals surface area contributed by atoms with Gasteiger partial charge in [0.2, 0.25) is 0 Å². The van der Waals surface area contributed by atoms with Crippen molar-refractivity contribution in [2.24, 2.45) is 0 Å². The highest BCUT2D eigenvalue weighted by atomic mass is 16.8. The number of anilines is 1. The number of hydrogen-bond donors (Lipinski definition) is 1. The monoisotopic (exact) mass is 489 g/mol. The summed E-state index contributed by atoms with van der Waals surface area (Å²) in [5, 5.41) is 1.68. The number of benzene rings is 1. The fraction of sp³-hybridized carbons (Fsp3) is 0.385.